The van der Waals surface area contributed by atoms with Gasteiger partial charge in [-0.15, -0.1) is 0 Å². The molecule has 0 spiro atoms. The zero-order valence-electron chi connectivity index (χ0n) is 16.8. The Morgan fingerprint density at radius 1 is 1.29 bits per heavy atom. The molecule has 0 saturated carbocycles. The molecule has 0 aliphatic rings. The second-order valence-electron chi connectivity index (χ2n) is 6.85. The number of hydrogen-bond donors (Lipinski definition) is 1. The summed E-state index contributed by atoms with van der Waals surface area (Å²) >= 11 is 0. The number of ether oxygens (including phenoxy) is 1. The van der Waals surface area contributed by atoms with Gasteiger partial charge in [-0.05, 0) is 48.4 Å². The Bertz CT molecular complexity index is 1440. The molecule has 0 aliphatic heterocycles. The molecule has 7 nitrogen and oxygen atoms in total. The molecule has 153 valence electrons. The Kier molecular flexibility index (Phi) is 5.09. The van der Waals surface area contributed by atoms with Crippen molar-refractivity contribution in [1.29, 1.82) is 5.26 Å². The maximum Gasteiger partial charge on any atom is 0.272 e. The fourth-order valence-corrected chi connectivity index (χ4v) is 3.37. The third-order valence-electron chi connectivity index (χ3n) is 5.03. The summed E-state index contributed by atoms with van der Waals surface area (Å²) in [5.74, 6) is -0.451. The van der Waals surface area contributed by atoms with E-state index in [4.69, 9.17) is 4.74 Å². The van der Waals surface area contributed by atoms with Crippen LogP contribution in [-0.4, -0.2) is 27.1 Å². The first kappa shape index (κ1) is 20.0. The smallest absolute Gasteiger partial charge is 0.272 e. The Labute approximate surface area is 177 Å². The van der Waals surface area contributed by atoms with Gasteiger partial charge in [-0.2, -0.15) is 15.5 Å². The van der Waals surface area contributed by atoms with Crippen LogP contribution in [0.1, 0.15) is 17.0 Å². The van der Waals surface area contributed by atoms with E-state index in [1.165, 1.54) is 25.3 Å². The van der Waals surface area contributed by atoms with Gasteiger partial charge in [-0.25, -0.2) is 9.49 Å². The number of methoxy groups -OCH3 is 1. The highest BCUT2D eigenvalue weighted by Gasteiger charge is 2.14. The Morgan fingerprint density at radius 3 is 2.84 bits per heavy atom. The summed E-state index contributed by atoms with van der Waals surface area (Å²) in [6, 6.07) is 11.7. The summed E-state index contributed by atoms with van der Waals surface area (Å²) in [5.41, 5.74) is 3.21. The standard InChI is InChI=1S/C23H17FN5O2/c1-13-18-8-15(4-6-17(18)23(30)28-27-13)19-12-26-29(2)21(19)9-16(11-25)14-5-7-20(24)22(10-14)31-3/h4-10,12H,1H2,2-3H3,(H,28,30). The van der Waals surface area contributed by atoms with Crippen molar-refractivity contribution < 1.29 is 9.13 Å². The highest BCUT2D eigenvalue weighted by atomic mass is 19.1. The minimum atomic E-state index is -0.506. The average molecular weight is 414 g/mol. The van der Waals surface area contributed by atoms with Crippen molar-refractivity contribution in [3.63, 3.8) is 0 Å². The zero-order chi connectivity index (χ0) is 22.1. The van der Waals surface area contributed by atoms with Crippen molar-refractivity contribution in [2.45, 2.75) is 0 Å². The van der Waals surface area contributed by atoms with Crippen molar-refractivity contribution in [2.75, 3.05) is 7.11 Å². The van der Waals surface area contributed by atoms with Gasteiger partial charge in [0.1, 0.15) is 0 Å². The largest absolute Gasteiger partial charge is 0.494 e. The maximum absolute atomic E-state index is 13.8. The first-order chi connectivity index (χ1) is 14.9. The fraction of sp³-hybridized carbons (Fsp3) is 0.0870. The van der Waals surface area contributed by atoms with Gasteiger partial charge in [-0.1, -0.05) is 12.1 Å². The summed E-state index contributed by atoms with van der Waals surface area (Å²) in [6.45, 7) is 3.88. The summed E-state index contributed by atoms with van der Waals surface area (Å²) in [7, 11) is 3.13. The lowest BCUT2D eigenvalue weighted by atomic mass is 9.99. The lowest BCUT2D eigenvalue weighted by molar-refractivity contribution is 0.386. The number of fused-ring (bicyclic) bond motifs is 1. The van der Waals surface area contributed by atoms with Crippen LogP contribution in [-0.2, 0) is 7.05 Å². The summed E-state index contributed by atoms with van der Waals surface area (Å²) in [5, 5.41) is 21.5. The van der Waals surface area contributed by atoms with Crippen molar-refractivity contribution >= 4 is 22.4 Å². The van der Waals surface area contributed by atoms with Crippen LogP contribution >= 0.6 is 0 Å². The number of hydrogen-bond acceptors (Lipinski definition) is 5. The molecule has 0 atom stereocenters. The summed E-state index contributed by atoms with van der Waals surface area (Å²) in [6.07, 6.45) is 3.36. The molecule has 0 saturated heterocycles. The number of H-pyrrole nitrogens is 1. The van der Waals surface area contributed by atoms with Gasteiger partial charge in [0.2, 0.25) is 0 Å². The highest BCUT2D eigenvalue weighted by Crippen LogP contribution is 2.30. The van der Waals surface area contributed by atoms with Crippen molar-refractivity contribution in [3.05, 3.63) is 82.6 Å². The van der Waals surface area contributed by atoms with E-state index in [0.29, 0.717) is 33.3 Å². The highest BCUT2D eigenvalue weighted by molar-refractivity contribution is 5.94. The number of halogens is 1. The molecule has 0 bridgehead atoms. The molecule has 4 aromatic rings. The van der Waals surface area contributed by atoms with Crippen molar-refractivity contribution in [1.82, 2.24) is 20.0 Å². The van der Waals surface area contributed by atoms with Crippen LogP contribution in [0.3, 0.4) is 0 Å². The molecule has 1 radical (unpaired) electrons. The van der Waals surface area contributed by atoms with Crippen LogP contribution in [0.5, 0.6) is 5.75 Å². The van der Waals surface area contributed by atoms with E-state index in [1.807, 2.05) is 6.07 Å². The second kappa shape index (κ2) is 7.88. The quantitative estimate of drug-likeness (QED) is 0.514. The maximum atomic E-state index is 13.8. The summed E-state index contributed by atoms with van der Waals surface area (Å²) < 4.78 is 20.4. The van der Waals surface area contributed by atoms with E-state index in [9.17, 15) is 14.4 Å². The van der Waals surface area contributed by atoms with E-state index < -0.39 is 5.82 Å². The average Bonchev–Trinajstić information content (AvgIpc) is 3.15. The van der Waals surface area contributed by atoms with Gasteiger partial charge < -0.3 is 4.74 Å². The molecule has 0 fully saturated rings. The molecule has 4 rings (SSSR count). The number of nitrogens with zero attached hydrogens (tertiary/aromatic N) is 4. The van der Waals surface area contributed by atoms with Gasteiger partial charge in [-0.3, -0.25) is 9.48 Å². The topological polar surface area (TPSA) is 96.6 Å². The third kappa shape index (κ3) is 3.57. The molecule has 2 aromatic heterocycles. The first-order valence-electron chi connectivity index (χ1n) is 9.25. The van der Waals surface area contributed by atoms with E-state index in [1.54, 1.807) is 36.1 Å². The predicted octanol–water partition coefficient (Wildman–Crippen LogP) is 3.72. The third-order valence-corrected chi connectivity index (χ3v) is 5.03. The molecule has 0 unspecified atom stereocenters. The first-order valence-corrected chi connectivity index (χ1v) is 9.25. The number of aromatic amines is 1. The monoisotopic (exact) mass is 414 g/mol. The number of benzene rings is 2. The predicted molar refractivity (Wildman–Crippen MR) is 115 cm³/mol. The van der Waals surface area contributed by atoms with Crippen LogP contribution in [0, 0.1) is 24.1 Å². The van der Waals surface area contributed by atoms with E-state index >= 15 is 0 Å². The molecule has 2 aromatic carbocycles. The number of aromatic nitrogens is 4. The van der Waals surface area contributed by atoms with Gasteiger partial charge >= 0.3 is 0 Å². The van der Waals surface area contributed by atoms with Crippen LogP contribution < -0.4 is 10.3 Å². The molecule has 2 heterocycles. The SMILES string of the molecule is [CH2]c1n[nH]c(=O)c2ccc(-c3cnn(C)c3C=C(C#N)c3ccc(F)c(OC)c3)cc12. The fourth-order valence-electron chi connectivity index (χ4n) is 3.37. The van der Waals surface area contributed by atoms with E-state index in [-0.39, 0.29) is 11.3 Å². The van der Waals surface area contributed by atoms with Gasteiger partial charge in [0.25, 0.3) is 5.56 Å². The normalized spacial score (nSPS) is 11.5. The number of rotatable bonds is 4. The van der Waals surface area contributed by atoms with Gasteiger partial charge in [0, 0.05) is 18.0 Å². The second-order valence-corrected chi connectivity index (χ2v) is 6.85. The molecule has 8 heteroatoms. The minimum Gasteiger partial charge on any atom is -0.494 e. The summed E-state index contributed by atoms with van der Waals surface area (Å²) in [4.78, 5) is 12.0. The van der Waals surface area contributed by atoms with Crippen LogP contribution in [0.2, 0.25) is 0 Å². The van der Waals surface area contributed by atoms with Crippen LogP contribution in [0.15, 0.2) is 47.4 Å². The number of aryl methyl sites for hydroxylation is 1. The lowest BCUT2D eigenvalue weighted by Gasteiger charge is -2.08. The Morgan fingerprint density at radius 2 is 2.10 bits per heavy atom. The number of nitrogens with one attached hydrogen (secondary N) is 1. The zero-order valence-corrected chi connectivity index (χ0v) is 16.8. The molecular weight excluding hydrogens is 397 g/mol. The molecular formula is C23H17FN5O2. The van der Waals surface area contributed by atoms with Crippen LogP contribution in [0.4, 0.5) is 4.39 Å². The molecule has 0 aliphatic carbocycles. The lowest BCUT2D eigenvalue weighted by Crippen LogP contribution is -2.09. The molecule has 1 N–H and O–H groups in total. The van der Waals surface area contributed by atoms with Gasteiger partial charge in [0.15, 0.2) is 11.6 Å². The number of allylic oxidation sites excluding steroid dienone is 1. The Balaban J connectivity index is 1.87. The van der Waals surface area contributed by atoms with Crippen molar-refractivity contribution in [2.24, 2.45) is 7.05 Å². The molecule has 0 amide bonds. The van der Waals surface area contributed by atoms with Crippen molar-refractivity contribution in [3.8, 4) is 22.9 Å². The van der Waals surface area contributed by atoms with Gasteiger partial charge in [0.05, 0.1) is 41.7 Å². The Hall–Kier alpha value is -4.25. The number of nitriles is 1. The van der Waals surface area contributed by atoms with Crippen LogP contribution in [0.25, 0.3) is 33.5 Å². The minimum absolute atomic E-state index is 0.0547. The van der Waals surface area contributed by atoms with E-state index in [0.717, 1.165) is 11.1 Å². The van der Waals surface area contributed by atoms with E-state index in [2.05, 4.69) is 28.3 Å². The molecule has 31 heavy (non-hydrogen) atoms.